The number of nitrogens with one attached hydrogen (secondary N) is 1. The highest BCUT2D eigenvalue weighted by Crippen LogP contribution is 2.42. The first kappa shape index (κ1) is 37.0. The van der Waals surface area contributed by atoms with Gasteiger partial charge < -0.3 is 20.1 Å². The fourth-order valence-electron chi connectivity index (χ4n) is 4.00. The van der Waals surface area contributed by atoms with Gasteiger partial charge in [0.05, 0.1) is 13.2 Å². The lowest BCUT2D eigenvalue weighted by molar-refractivity contribution is -0.147. The van der Waals surface area contributed by atoms with Crippen molar-refractivity contribution in [3.8, 4) is 0 Å². The van der Waals surface area contributed by atoms with Crippen molar-refractivity contribution in [3.05, 3.63) is 0 Å². The summed E-state index contributed by atoms with van der Waals surface area (Å²) in [6.45, 7) is 2.98. The molecule has 0 heterocycles. The second-order valence-electron chi connectivity index (χ2n) is 10.0. The van der Waals surface area contributed by atoms with Crippen LogP contribution in [0.3, 0.4) is 0 Å². The van der Waals surface area contributed by atoms with Crippen LogP contribution in [0.5, 0.6) is 0 Å². The number of aliphatic hydroxyl groups is 1. The Morgan fingerprint density at radius 3 is 1.68 bits per heavy atom. The highest BCUT2D eigenvalue weighted by atomic mass is 31.2. The van der Waals surface area contributed by atoms with E-state index in [4.69, 9.17) is 9.26 Å². The van der Waals surface area contributed by atoms with Crippen molar-refractivity contribution in [1.82, 2.24) is 5.32 Å². The van der Waals surface area contributed by atoms with Crippen molar-refractivity contribution in [2.24, 2.45) is 0 Å². The molecule has 0 saturated heterocycles. The Labute approximate surface area is 231 Å². The number of aliphatic hydroxyl groups excluding tert-OH is 1. The minimum absolute atomic E-state index is 0.0696. The van der Waals surface area contributed by atoms with E-state index in [-0.39, 0.29) is 32.1 Å². The zero-order chi connectivity index (χ0) is 28.3. The molecule has 1 amide bonds. The maximum atomic E-state index is 11.8. The number of phosphoric ester groups is 1. The molecule has 0 spiro atoms. The molecule has 0 aliphatic carbocycles. The van der Waals surface area contributed by atoms with Gasteiger partial charge in [-0.2, -0.15) is 0 Å². The van der Waals surface area contributed by atoms with Crippen molar-refractivity contribution in [2.75, 3.05) is 26.4 Å². The van der Waals surface area contributed by atoms with Crippen molar-refractivity contribution in [2.45, 2.75) is 142 Å². The number of amides is 1. The van der Waals surface area contributed by atoms with E-state index >= 15 is 0 Å². The van der Waals surface area contributed by atoms with Crippen LogP contribution in [0.2, 0.25) is 0 Å². The number of rotatable bonds is 28. The first-order valence-electron chi connectivity index (χ1n) is 15.0. The Bertz CT molecular complexity index is 620. The molecule has 10 heteroatoms. The lowest BCUT2D eigenvalue weighted by atomic mass is 10.0. The average Bonchev–Trinajstić information content (AvgIpc) is 2.90. The Balaban J connectivity index is 3.49. The molecule has 9 nitrogen and oxygen atoms in total. The summed E-state index contributed by atoms with van der Waals surface area (Å²) in [5.41, 5.74) is 0. The first-order chi connectivity index (χ1) is 18.3. The lowest BCUT2D eigenvalue weighted by Gasteiger charge is -2.15. The number of hydrogen-bond acceptors (Lipinski definition) is 7. The zero-order valence-corrected chi connectivity index (χ0v) is 25.0. The van der Waals surface area contributed by atoms with E-state index in [1.165, 1.54) is 89.9 Å². The second-order valence-corrected chi connectivity index (χ2v) is 11.5. The van der Waals surface area contributed by atoms with Crippen LogP contribution in [0.15, 0.2) is 0 Å². The Morgan fingerprint density at radius 2 is 1.21 bits per heavy atom. The molecule has 0 aromatic rings. The second kappa shape index (κ2) is 26.2. The van der Waals surface area contributed by atoms with Gasteiger partial charge in [0.2, 0.25) is 5.91 Å². The highest BCUT2D eigenvalue weighted by Gasteiger charge is 2.23. The maximum Gasteiger partial charge on any atom is 0.472 e. The molecule has 0 saturated carbocycles. The number of carbonyl (C=O) groups is 2. The van der Waals surface area contributed by atoms with Gasteiger partial charge in [0.25, 0.3) is 0 Å². The van der Waals surface area contributed by atoms with E-state index in [2.05, 4.69) is 16.8 Å². The predicted octanol–water partition coefficient (Wildman–Crippen LogP) is 6.59. The van der Waals surface area contributed by atoms with E-state index in [9.17, 15) is 24.2 Å². The average molecular weight is 566 g/mol. The molecule has 0 aromatic carbocycles. The van der Waals surface area contributed by atoms with Crippen LogP contribution in [0, 0.1) is 0 Å². The molecule has 0 fully saturated rings. The summed E-state index contributed by atoms with van der Waals surface area (Å²) in [5.74, 6) is -0.602. The number of carbonyl (C=O) groups excluding carboxylic acids is 2. The summed E-state index contributed by atoms with van der Waals surface area (Å²) in [4.78, 5) is 32.5. The number of unbranched alkanes of at least 4 members (excludes halogenated alkanes) is 16. The van der Waals surface area contributed by atoms with E-state index in [0.29, 0.717) is 6.42 Å². The third-order valence-corrected chi connectivity index (χ3v) is 7.34. The van der Waals surface area contributed by atoms with E-state index in [1.807, 2.05) is 0 Å². The van der Waals surface area contributed by atoms with Crippen LogP contribution in [-0.2, 0) is 27.9 Å². The minimum atomic E-state index is -4.36. The Hall–Kier alpha value is -0.990. The fraction of sp³-hybridized carbons (Fsp3) is 0.929. The molecular formula is C28H56NO8P. The monoisotopic (exact) mass is 565 g/mol. The van der Waals surface area contributed by atoms with Gasteiger partial charge in [-0.1, -0.05) is 117 Å². The van der Waals surface area contributed by atoms with Crippen LogP contribution in [0.25, 0.3) is 0 Å². The van der Waals surface area contributed by atoms with Crippen LogP contribution in [0.4, 0.5) is 0 Å². The van der Waals surface area contributed by atoms with Crippen molar-refractivity contribution in [3.63, 3.8) is 0 Å². The van der Waals surface area contributed by atoms with Gasteiger partial charge >= 0.3 is 13.8 Å². The SMILES string of the molecule is CCCCCCCCCCCCCCCCCCCC(=O)OCC(O)COP(=O)(O)OCCNC(=O)CC. The Kier molecular flexibility index (Phi) is 25.6. The number of hydrogen-bond donors (Lipinski definition) is 3. The molecule has 0 aromatic heterocycles. The van der Waals surface area contributed by atoms with E-state index < -0.39 is 26.5 Å². The summed E-state index contributed by atoms with van der Waals surface area (Å²) in [6.07, 6.45) is 21.0. The van der Waals surface area contributed by atoms with Gasteiger partial charge in [-0.3, -0.25) is 18.6 Å². The molecule has 0 radical (unpaired) electrons. The summed E-state index contributed by atoms with van der Waals surface area (Å²) in [6, 6.07) is 0. The van der Waals surface area contributed by atoms with Crippen LogP contribution >= 0.6 is 7.82 Å². The molecule has 2 unspecified atom stereocenters. The molecule has 0 aliphatic heterocycles. The topological polar surface area (TPSA) is 131 Å². The quantitative estimate of drug-likeness (QED) is 0.0550. The van der Waals surface area contributed by atoms with Crippen molar-refractivity contribution in [1.29, 1.82) is 0 Å². The largest absolute Gasteiger partial charge is 0.472 e. The van der Waals surface area contributed by atoms with Gasteiger partial charge in [-0.25, -0.2) is 4.57 Å². The smallest absolute Gasteiger partial charge is 0.463 e. The van der Waals surface area contributed by atoms with Crippen LogP contribution in [-0.4, -0.2) is 54.3 Å². The summed E-state index contributed by atoms with van der Waals surface area (Å²) >= 11 is 0. The van der Waals surface area contributed by atoms with Crippen molar-refractivity contribution >= 4 is 19.7 Å². The van der Waals surface area contributed by atoms with Gasteiger partial charge in [0.15, 0.2) is 0 Å². The molecule has 2 atom stereocenters. The maximum absolute atomic E-state index is 11.8. The third kappa shape index (κ3) is 26.6. The van der Waals surface area contributed by atoms with E-state index in [1.54, 1.807) is 6.92 Å². The van der Waals surface area contributed by atoms with Gasteiger partial charge in [-0.15, -0.1) is 0 Å². The van der Waals surface area contributed by atoms with Crippen LogP contribution in [0.1, 0.15) is 136 Å². The Morgan fingerprint density at radius 1 is 0.737 bits per heavy atom. The third-order valence-electron chi connectivity index (χ3n) is 6.35. The summed E-state index contributed by atoms with van der Waals surface area (Å²) < 4.78 is 26.1. The number of phosphoric acid groups is 1. The fourth-order valence-corrected chi connectivity index (χ4v) is 4.75. The minimum Gasteiger partial charge on any atom is -0.463 e. The molecule has 226 valence electrons. The molecule has 0 bridgehead atoms. The zero-order valence-electron chi connectivity index (χ0n) is 24.1. The predicted molar refractivity (Wildman–Crippen MR) is 151 cm³/mol. The molecule has 0 aliphatic rings. The normalized spacial score (nSPS) is 13.7. The first-order valence-corrected chi connectivity index (χ1v) is 16.5. The van der Waals surface area contributed by atoms with E-state index in [0.717, 1.165) is 19.3 Å². The lowest BCUT2D eigenvalue weighted by Crippen LogP contribution is -2.26. The summed E-state index contributed by atoms with van der Waals surface area (Å²) in [5, 5.41) is 12.3. The standard InChI is InChI=1S/C28H56NO8P/c1-3-5-6-7-8-9-10-11-12-13-14-15-16-17-18-19-20-21-28(32)35-24-26(30)25-37-38(33,34)36-23-22-29-27(31)4-2/h26,30H,3-25H2,1-2H3,(H,29,31)(H,33,34). The molecular weight excluding hydrogens is 509 g/mol. The van der Waals surface area contributed by atoms with Crippen molar-refractivity contribution < 1.29 is 37.9 Å². The molecule has 0 rings (SSSR count). The summed E-state index contributed by atoms with van der Waals surface area (Å²) in [7, 11) is -4.36. The van der Waals surface area contributed by atoms with Gasteiger partial charge in [-0.05, 0) is 6.42 Å². The van der Waals surface area contributed by atoms with Gasteiger partial charge in [0, 0.05) is 19.4 Å². The number of esters is 1. The van der Waals surface area contributed by atoms with Crippen LogP contribution < -0.4 is 5.32 Å². The molecule has 3 N–H and O–H groups in total. The highest BCUT2D eigenvalue weighted by molar-refractivity contribution is 7.47. The van der Waals surface area contributed by atoms with Gasteiger partial charge in [0.1, 0.15) is 12.7 Å². The molecule has 38 heavy (non-hydrogen) atoms. The number of ether oxygens (including phenoxy) is 1.